The van der Waals surface area contributed by atoms with Crippen molar-refractivity contribution < 1.29 is 9.53 Å². The molecular weight excluding hydrogens is 264 g/mol. The Labute approximate surface area is 130 Å². The van der Waals surface area contributed by atoms with Crippen molar-refractivity contribution in [2.75, 3.05) is 19.6 Å². The number of carbonyl (C=O) groups excluding carboxylic acids is 1. The first-order chi connectivity index (χ1) is 9.86. The second-order valence-corrected chi connectivity index (χ2v) is 7.01. The van der Waals surface area contributed by atoms with E-state index in [0.717, 1.165) is 25.4 Å². The molecular formula is C17H34N2O2. The molecule has 0 radical (unpaired) electrons. The van der Waals surface area contributed by atoms with Crippen molar-refractivity contribution in [3.05, 3.63) is 0 Å². The summed E-state index contributed by atoms with van der Waals surface area (Å²) in [6.07, 6.45) is 5.50. The molecule has 4 nitrogen and oxygen atoms in total. The minimum atomic E-state index is 0.155. The Balaban J connectivity index is 2.16. The van der Waals surface area contributed by atoms with Crippen molar-refractivity contribution in [2.45, 2.75) is 78.6 Å². The number of nitrogens with one attached hydrogen (secondary N) is 1. The predicted molar refractivity (Wildman–Crippen MR) is 87.4 cm³/mol. The standard InChI is InChI=1S/C17H34N2O2/c1-13(2)18-17(20)12-19-10-8-16(9-11-19)7-6-15(5)21-14(3)4/h13-16H,6-12H2,1-5H3,(H,18,20)/t15-/m1/s1. The van der Waals surface area contributed by atoms with Crippen molar-refractivity contribution in [3.63, 3.8) is 0 Å². The molecule has 1 fully saturated rings. The van der Waals surface area contributed by atoms with E-state index in [9.17, 15) is 4.79 Å². The fourth-order valence-corrected chi connectivity index (χ4v) is 3.01. The average molecular weight is 298 g/mol. The summed E-state index contributed by atoms with van der Waals surface area (Å²) in [5.74, 6) is 0.954. The monoisotopic (exact) mass is 298 g/mol. The third kappa shape index (κ3) is 8.42. The lowest BCUT2D eigenvalue weighted by molar-refractivity contribution is -0.123. The van der Waals surface area contributed by atoms with E-state index in [4.69, 9.17) is 4.74 Å². The predicted octanol–water partition coefficient (Wildman–Crippen LogP) is 2.82. The van der Waals surface area contributed by atoms with Crippen LogP contribution in [0.2, 0.25) is 0 Å². The third-order valence-corrected chi connectivity index (χ3v) is 4.01. The Kier molecular flexibility index (Phi) is 8.27. The zero-order valence-electron chi connectivity index (χ0n) is 14.5. The van der Waals surface area contributed by atoms with Crippen LogP contribution in [0, 0.1) is 5.92 Å². The number of piperidine rings is 1. The maximum atomic E-state index is 11.8. The van der Waals surface area contributed by atoms with E-state index in [1.165, 1.54) is 19.3 Å². The third-order valence-electron chi connectivity index (χ3n) is 4.01. The number of hydrogen-bond donors (Lipinski definition) is 1. The number of amides is 1. The van der Waals surface area contributed by atoms with E-state index < -0.39 is 0 Å². The van der Waals surface area contributed by atoms with Gasteiger partial charge in [-0.1, -0.05) is 0 Å². The van der Waals surface area contributed by atoms with Crippen LogP contribution in [0.1, 0.15) is 60.3 Å². The first kappa shape index (κ1) is 18.4. The fraction of sp³-hybridized carbons (Fsp3) is 0.941. The Morgan fingerprint density at radius 2 is 1.81 bits per heavy atom. The number of hydrogen-bond acceptors (Lipinski definition) is 3. The normalized spacial score (nSPS) is 19.2. The van der Waals surface area contributed by atoms with Crippen LogP contribution < -0.4 is 5.32 Å². The Morgan fingerprint density at radius 1 is 1.19 bits per heavy atom. The lowest BCUT2D eigenvalue weighted by atomic mass is 9.91. The summed E-state index contributed by atoms with van der Waals surface area (Å²) in [4.78, 5) is 14.0. The summed E-state index contributed by atoms with van der Waals surface area (Å²) in [6, 6.07) is 0.234. The number of rotatable bonds is 8. The van der Waals surface area contributed by atoms with Gasteiger partial charge in [-0.05, 0) is 79.3 Å². The lowest BCUT2D eigenvalue weighted by Gasteiger charge is -2.32. The van der Waals surface area contributed by atoms with E-state index >= 15 is 0 Å². The van der Waals surface area contributed by atoms with Crippen LogP contribution in [0.4, 0.5) is 0 Å². The first-order valence-electron chi connectivity index (χ1n) is 8.54. The molecule has 1 amide bonds. The summed E-state index contributed by atoms with van der Waals surface area (Å²) < 4.78 is 5.79. The van der Waals surface area contributed by atoms with Gasteiger partial charge in [0.25, 0.3) is 0 Å². The van der Waals surface area contributed by atoms with Crippen LogP contribution >= 0.6 is 0 Å². The van der Waals surface area contributed by atoms with Gasteiger partial charge in [0, 0.05) is 6.04 Å². The largest absolute Gasteiger partial charge is 0.376 e. The number of carbonyl (C=O) groups is 1. The van der Waals surface area contributed by atoms with Gasteiger partial charge < -0.3 is 10.1 Å². The second kappa shape index (κ2) is 9.42. The van der Waals surface area contributed by atoms with Crippen LogP contribution in [-0.2, 0) is 9.53 Å². The number of likely N-dealkylation sites (tertiary alicyclic amines) is 1. The molecule has 1 saturated heterocycles. The van der Waals surface area contributed by atoms with Crippen molar-refractivity contribution in [1.29, 1.82) is 0 Å². The van der Waals surface area contributed by atoms with Gasteiger partial charge in [-0.15, -0.1) is 0 Å². The fourth-order valence-electron chi connectivity index (χ4n) is 3.01. The molecule has 0 saturated carbocycles. The molecule has 21 heavy (non-hydrogen) atoms. The highest BCUT2D eigenvalue weighted by atomic mass is 16.5. The summed E-state index contributed by atoms with van der Waals surface area (Å²) in [5, 5.41) is 2.96. The molecule has 0 unspecified atom stereocenters. The zero-order chi connectivity index (χ0) is 15.8. The van der Waals surface area contributed by atoms with E-state index in [1.807, 2.05) is 13.8 Å². The summed E-state index contributed by atoms with van der Waals surface area (Å²) in [6.45, 7) is 13.0. The van der Waals surface area contributed by atoms with Gasteiger partial charge in [0.2, 0.25) is 5.91 Å². The van der Waals surface area contributed by atoms with E-state index in [1.54, 1.807) is 0 Å². The highest BCUT2D eigenvalue weighted by molar-refractivity contribution is 5.78. The lowest BCUT2D eigenvalue weighted by Crippen LogP contribution is -2.43. The minimum Gasteiger partial charge on any atom is -0.376 e. The SMILES string of the molecule is CC(C)NC(=O)CN1CCC(CC[C@@H](C)OC(C)C)CC1. The maximum absolute atomic E-state index is 11.8. The van der Waals surface area contributed by atoms with Crippen LogP contribution in [0.5, 0.6) is 0 Å². The highest BCUT2D eigenvalue weighted by Gasteiger charge is 2.21. The smallest absolute Gasteiger partial charge is 0.234 e. The van der Waals surface area contributed by atoms with Crippen molar-refractivity contribution in [1.82, 2.24) is 10.2 Å². The van der Waals surface area contributed by atoms with Gasteiger partial charge in [0.15, 0.2) is 0 Å². The summed E-state index contributed by atoms with van der Waals surface area (Å²) >= 11 is 0. The zero-order valence-corrected chi connectivity index (χ0v) is 14.5. The van der Waals surface area contributed by atoms with Crippen LogP contribution in [0.15, 0.2) is 0 Å². The van der Waals surface area contributed by atoms with Crippen LogP contribution in [0.25, 0.3) is 0 Å². The maximum Gasteiger partial charge on any atom is 0.234 e. The molecule has 124 valence electrons. The molecule has 1 atom stereocenters. The van der Waals surface area contributed by atoms with E-state index in [-0.39, 0.29) is 11.9 Å². The molecule has 0 aromatic heterocycles. The summed E-state index contributed by atoms with van der Waals surface area (Å²) in [7, 11) is 0. The summed E-state index contributed by atoms with van der Waals surface area (Å²) in [5.41, 5.74) is 0. The first-order valence-corrected chi connectivity index (χ1v) is 8.54. The molecule has 0 aromatic carbocycles. The van der Waals surface area contributed by atoms with Gasteiger partial charge in [-0.2, -0.15) is 0 Å². The molecule has 1 rings (SSSR count). The molecule has 1 aliphatic rings. The quantitative estimate of drug-likeness (QED) is 0.749. The number of nitrogens with zero attached hydrogens (tertiary/aromatic N) is 1. The topological polar surface area (TPSA) is 41.6 Å². The molecule has 1 heterocycles. The molecule has 0 aromatic rings. The molecule has 0 aliphatic carbocycles. The van der Waals surface area contributed by atoms with E-state index in [0.29, 0.717) is 18.8 Å². The Morgan fingerprint density at radius 3 is 2.33 bits per heavy atom. The molecule has 0 spiro atoms. The Bertz CT molecular complexity index is 297. The van der Waals surface area contributed by atoms with E-state index in [2.05, 4.69) is 31.0 Å². The minimum absolute atomic E-state index is 0.155. The molecule has 4 heteroatoms. The van der Waals surface area contributed by atoms with Crippen molar-refractivity contribution in [2.24, 2.45) is 5.92 Å². The van der Waals surface area contributed by atoms with Crippen molar-refractivity contribution >= 4 is 5.91 Å². The van der Waals surface area contributed by atoms with Crippen LogP contribution in [-0.4, -0.2) is 48.7 Å². The molecule has 0 bridgehead atoms. The number of ether oxygens (including phenoxy) is 1. The molecule has 1 aliphatic heterocycles. The van der Waals surface area contributed by atoms with Crippen molar-refractivity contribution in [3.8, 4) is 0 Å². The van der Waals surface area contributed by atoms with Gasteiger partial charge in [-0.3, -0.25) is 9.69 Å². The average Bonchev–Trinajstić information content (AvgIpc) is 2.36. The Hall–Kier alpha value is -0.610. The highest BCUT2D eigenvalue weighted by Crippen LogP contribution is 2.23. The van der Waals surface area contributed by atoms with Crippen LogP contribution in [0.3, 0.4) is 0 Å². The van der Waals surface area contributed by atoms with Gasteiger partial charge >= 0.3 is 0 Å². The second-order valence-electron chi connectivity index (χ2n) is 7.01. The molecule has 1 N–H and O–H groups in total. The van der Waals surface area contributed by atoms with Gasteiger partial charge in [0.1, 0.15) is 0 Å². The van der Waals surface area contributed by atoms with Gasteiger partial charge in [-0.25, -0.2) is 0 Å². The van der Waals surface area contributed by atoms with Gasteiger partial charge in [0.05, 0.1) is 18.8 Å².